The van der Waals surface area contributed by atoms with E-state index < -0.39 is 23.2 Å². The molecule has 1 unspecified atom stereocenters. The second kappa shape index (κ2) is 19.5. The van der Waals surface area contributed by atoms with Gasteiger partial charge in [-0.1, -0.05) is 20.8 Å². The third kappa shape index (κ3) is 20.7. The predicted molar refractivity (Wildman–Crippen MR) is 184 cm³/mol. The van der Waals surface area contributed by atoms with Crippen LogP contribution in [-0.2, 0) is 38.2 Å². The van der Waals surface area contributed by atoms with Gasteiger partial charge in [-0.2, -0.15) is 0 Å². The van der Waals surface area contributed by atoms with Gasteiger partial charge >= 0.3 is 23.9 Å². The van der Waals surface area contributed by atoms with Gasteiger partial charge in [-0.15, -0.1) is 0 Å². The highest BCUT2D eigenvalue weighted by Crippen LogP contribution is 2.23. The molecule has 1 heterocycles. The smallest absolute Gasteiger partial charge is 0.320 e. The molecule has 0 radical (unpaired) electrons. The van der Waals surface area contributed by atoms with E-state index in [1.807, 2.05) is 81.9 Å². The summed E-state index contributed by atoms with van der Waals surface area (Å²) >= 11 is 0. The zero-order valence-electron chi connectivity index (χ0n) is 31.6. The number of aliphatic carboxylic acids is 1. The molecule has 1 N–H and O–H groups in total. The molecule has 0 amide bonds. The number of nitrogens with zero attached hydrogens (tertiary/aromatic N) is 4. The van der Waals surface area contributed by atoms with Crippen molar-refractivity contribution >= 4 is 29.7 Å². The monoisotopic (exact) mass is 684 g/mol. The van der Waals surface area contributed by atoms with Gasteiger partial charge in [-0.05, 0) is 67.2 Å². The topological polar surface area (TPSA) is 146 Å². The van der Waals surface area contributed by atoms with Crippen LogP contribution in [0.4, 0.5) is 0 Å². The van der Waals surface area contributed by atoms with E-state index in [-0.39, 0.29) is 74.1 Å². The fraction of sp³-hybridized carbons (Fsp3) is 0.857. The van der Waals surface area contributed by atoms with Crippen LogP contribution in [0.5, 0.6) is 0 Å². The van der Waals surface area contributed by atoms with E-state index in [0.717, 1.165) is 0 Å². The van der Waals surface area contributed by atoms with Crippen LogP contribution in [0.3, 0.4) is 0 Å². The van der Waals surface area contributed by atoms with Gasteiger partial charge in [-0.3, -0.25) is 43.6 Å². The van der Waals surface area contributed by atoms with Crippen LogP contribution in [0.25, 0.3) is 0 Å². The van der Waals surface area contributed by atoms with Crippen LogP contribution in [0.15, 0.2) is 0 Å². The maximum absolute atomic E-state index is 13.7. The lowest BCUT2D eigenvalue weighted by molar-refractivity contribution is -0.158. The largest absolute Gasteiger partial charge is 0.481 e. The Morgan fingerprint density at radius 1 is 0.625 bits per heavy atom. The van der Waals surface area contributed by atoms with E-state index in [2.05, 4.69) is 0 Å². The number of ketones is 1. The molecule has 0 bridgehead atoms. The number of carbonyl (C=O) groups is 5. The lowest BCUT2D eigenvalue weighted by Gasteiger charge is -2.37. The number of esters is 3. The molecule has 1 atom stereocenters. The number of ether oxygens (including phenoxy) is 3. The van der Waals surface area contributed by atoms with Crippen LogP contribution in [-0.4, -0.2) is 150 Å². The molecule has 13 nitrogen and oxygen atoms in total. The molecular weight excluding hydrogens is 620 g/mol. The third-order valence-corrected chi connectivity index (χ3v) is 7.29. The minimum Gasteiger partial charge on any atom is -0.481 e. The second-order valence-corrected chi connectivity index (χ2v) is 16.2. The van der Waals surface area contributed by atoms with Crippen LogP contribution >= 0.6 is 0 Å². The molecule has 0 aromatic rings. The molecule has 13 heteroatoms. The molecule has 0 saturated carbocycles. The van der Waals surface area contributed by atoms with Crippen molar-refractivity contribution in [3.05, 3.63) is 0 Å². The summed E-state index contributed by atoms with van der Waals surface area (Å²) in [6.07, 6.45) is -0.0196. The van der Waals surface area contributed by atoms with Gasteiger partial charge in [0, 0.05) is 65.2 Å². The summed E-state index contributed by atoms with van der Waals surface area (Å²) in [7, 11) is 0. The van der Waals surface area contributed by atoms with Crippen molar-refractivity contribution in [3.63, 3.8) is 0 Å². The summed E-state index contributed by atoms with van der Waals surface area (Å²) in [6, 6.07) is -0.653. The highest BCUT2D eigenvalue weighted by atomic mass is 16.6. The number of carboxylic acid groups (broad SMARTS) is 1. The van der Waals surface area contributed by atoms with Crippen LogP contribution < -0.4 is 0 Å². The minimum atomic E-state index is -0.979. The first-order valence-electron chi connectivity index (χ1n) is 17.2. The Morgan fingerprint density at radius 2 is 1.00 bits per heavy atom. The zero-order chi connectivity index (χ0) is 36.9. The van der Waals surface area contributed by atoms with E-state index in [1.54, 1.807) is 13.8 Å². The van der Waals surface area contributed by atoms with Crippen molar-refractivity contribution in [2.24, 2.45) is 5.41 Å². The molecule has 1 fully saturated rings. The molecule has 0 spiro atoms. The highest BCUT2D eigenvalue weighted by Gasteiger charge is 2.31. The fourth-order valence-electron chi connectivity index (χ4n) is 5.38. The standard InChI is InChI=1S/C35H64N4O9/c1-26(2)46-30(43)23-37-16-14-36(24-31(44)47-34(6,7)8)15-17-38(25-32(45)48-35(9,10)11)19-21-39(20-18-37)27(12-13-29(41)42)28(40)22-33(3,4)5/h26-27H,12-25H2,1-11H3,(H,41,42). The zero-order valence-corrected chi connectivity index (χ0v) is 31.6. The molecule has 1 rings (SSSR count). The number of hydrogen-bond donors (Lipinski definition) is 1. The van der Waals surface area contributed by atoms with E-state index in [1.165, 1.54) is 0 Å². The number of carbonyl (C=O) groups excluding carboxylic acids is 4. The van der Waals surface area contributed by atoms with E-state index in [9.17, 15) is 29.1 Å². The highest BCUT2D eigenvalue weighted by molar-refractivity contribution is 5.85. The van der Waals surface area contributed by atoms with Gasteiger partial charge < -0.3 is 19.3 Å². The van der Waals surface area contributed by atoms with Crippen LogP contribution in [0.1, 0.15) is 95.4 Å². The number of hydrogen-bond acceptors (Lipinski definition) is 12. The second-order valence-electron chi connectivity index (χ2n) is 16.2. The molecule has 1 saturated heterocycles. The molecule has 1 aliphatic rings. The molecule has 0 aromatic carbocycles. The van der Waals surface area contributed by atoms with Gasteiger partial charge in [0.15, 0.2) is 5.78 Å². The lowest BCUT2D eigenvalue weighted by Crippen LogP contribution is -2.52. The SMILES string of the molecule is CC(C)OC(=O)CN1CCN(CC(=O)OC(C)(C)C)CCN(CC(=O)OC(C)(C)C)CCN(C(CCC(=O)O)C(=O)CC(C)(C)C)CC1. The van der Waals surface area contributed by atoms with Gasteiger partial charge in [0.25, 0.3) is 0 Å². The Morgan fingerprint density at radius 3 is 1.33 bits per heavy atom. The van der Waals surface area contributed by atoms with Crippen LogP contribution in [0, 0.1) is 5.41 Å². The van der Waals surface area contributed by atoms with Gasteiger partial charge in [0.05, 0.1) is 31.8 Å². The summed E-state index contributed by atoms with van der Waals surface area (Å²) in [6.45, 7) is 23.7. The van der Waals surface area contributed by atoms with Crippen molar-refractivity contribution in [1.82, 2.24) is 19.6 Å². The molecule has 0 aliphatic carbocycles. The summed E-state index contributed by atoms with van der Waals surface area (Å²) in [5, 5.41) is 9.54. The van der Waals surface area contributed by atoms with Crippen molar-refractivity contribution in [2.75, 3.05) is 72.0 Å². The Balaban J connectivity index is 3.47. The molecule has 0 aromatic heterocycles. The van der Waals surface area contributed by atoms with E-state index in [4.69, 9.17) is 14.2 Å². The van der Waals surface area contributed by atoms with Crippen molar-refractivity contribution in [1.29, 1.82) is 0 Å². The Bertz CT molecular complexity index is 1060. The number of carboxylic acids is 1. The summed E-state index contributed by atoms with van der Waals surface area (Å²) in [5.74, 6) is -2.15. The summed E-state index contributed by atoms with van der Waals surface area (Å²) in [5.41, 5.74) is -1.61. The predicted octanol–water partition coefficient (Wildman–Crippen LogP) is 3.08. The first kappa shape index (κ1) is 43.4. The fourth-order valence-corrected chi connectivity index (χ4v) is 5.38. The molecule has 48 heavy (non-hydrogen) atoms. The molecule has 278 valence electrons. The first-order valence-corrected chi connectivity index (χ1v) is 17.2. The molecular formula is C35H64N4O9. The minimum absolute atomic E-state index is 0.00822. The maximum atomic E-state index is 13.7. The average Bonchev–Trinajstić information content (AvgIpc) is 2.85. The molecule has 1 aliphatic heterocycles. The Kier molecular flexibility index (Phi) is 17.7. The Labute approximate surface area is 288 Å². The van der Waals surface area contributed by atoms with E-state index >= 15 is 0 Å². The average molecular weight is 685 g/mol. The summed E-state index contributed by atoms with van der Waals surface area (Å²) in [4.78, 5) is 71.8. The van der Waals surface area contributed by atoms with Gasteiger partial charge in [0.2, 0.25) is 0 Å². The number of Topliss-reactive ketones (excluding diaryl/α,β-unsaturated/α-hetero) is 1. The van der Waals surface area contributed by atoms with Crippen molar-refractivity contribution < 1.29 is 43.3 Å². The van der Waals surface area contributed by atoms with Gasteiger partial charge in [0.1, 0.15) is 11.2 Å². The van der Waals surface area contributed by atoms with Gasteiger partial charge in [-0.25, -0.2) is 0 Å². The Hall–Kier alpha value is -2.61. The summed E-state index contributed by atoms with van der Waals surface area (Å²) < 4.78 is 16.7. The van der Waals surface area contributed by atoms with Crippen molar-refractivity contribution in [3.8, 4) is 0 Å². The number of rotatable bonds is 13. The first-order chi connectivity index (χ1) is 21.9. The third-order valence-electron chi connectivity index (χ3n) is 7.29. The van der Waals surface area contributed by atoms with Crippen LogP contribution in [0.2, 0.25) is 0 Å². The lowest BCUT2D eigenvalue weighted by atomic mass is 9.86. The van der Waals surface area contributed by atoms with E-state index in [0.29, 0.717) is 52.4 Å². The normalized spacial score (nSPS) is 18.0. The quantitative estimate of drug-likeness (QED) is 0.224. The maximum Gasteiger partial charge on any atom is 0.320 e. The van der Waals surface area contributed by atoms with Crippen molar-refractivity contribution in [2.45, 2.75) is 119 Å².